The van der Waals surface area contributed by atoms with Crippen LogP contribution in [0.4, 0.5) is 24.5 Å². The van der Waals surface area contributed by atoms with Gasteiger partial charge in [0.1, 0.15) is 0 Å². The van der Waals surface area contributed by atoms with Crippen LogP contribution >= 0.6 is 23.8 Å². The lowest BCUT2D eigenvalue weighted by molar-refractivity contribution is -0.137. The van der Waals surface area contributed by atoms with Crippen LogP contribution in [0.15, 0.2) is 42.5 Å². The van der Waals surface area contributed by atoms with E-state index in [1.165, 1.54) is 18.2 Å². The third kappa shape index (κ3) is 4.02. The minimum Gasteiger partial charge on any atom is -0.504 e. The number of thiocarbonyl (C=S) groups is 1. The molecular formula is C14H10ClF3N2OS. The van der Waals surface area contributed by atoms with Gasteiger partial charge in [0, 0.05) is 5.69 Å². The predicted molar refractivity (Wildman–Crippen MR) is 84.4 cm³/mol. The Balaban J connectivity index is 2.05. The number of anilines is 2. The fourth-order valence-electron chi connectivity index (χ4n) is 1.64. The summed E-state index contributed by atoms with van der Waals surface area (Å²) >= 11 is 10.8. The summed E-state index contributed by atoms with van der Waals surface area (Å²) in [6.45, 7) is 0. The number of halogens is 4. The summed E-state index contributed by atoms with van der Waals surface area (Å²) in [6, 6.07) is 9.09. The highest BCUT2D eigenvalue weighted by Crippen LogP contribution is 2.32. The van der Waals surface area contributed by atoms with Crippen molar-refractivity contribution in [2.75, 3.05) is 10.6 Å². The topological polar surface area (TPSA) is 44.3 Å². The maximum atomic E-state index is 12.5. The summed E-state index contributed by atoms with van der Waals surface area (Å²) in [5, 5.41) is 15.4. The molecule has 0 bridgehead atoms. The van der Waals surface area contributed by atoms with Gasteiger partial charge in [-0.1, -0.05) is 17.7 Å². The van der Waals surface area contributed by atoms with Crippen LogP contribution in [0, 0.1) is 0 Å². The van der Waals surface area contributed by atoms with Gasteiger partial charge < -0.3 is 15.7 Å². The predicted octanol–water partition coefficient (Wildman–Crippen LogP) is 4.87. The van der Waals surface area contributed by atoms with Crippen molar-refractivity contribution in [2.45, 2.75) is 6.18 Å². The molecule has 2 aromatic rings. The quantitative estimate of drug-likeness (QED) is 0.536. The molecule has 22 heavy (non-hydrogen) atoms. The fourth-order valence-corrected chi connectivity index (χ4v) is 2.05. The van der Waals surface area contributed by atoms with E-state index in [0.717, 1.165) is 12.1 Å². The Hall–Kier alpha value is -1.99. The van der Waals surface area contributed by atoms with Crippen molar-refractivity contribution in [1.82, 2.24) is 0 Å². The van der Waals surface area contributed by atoms with Gasteiger partial charge in [-0.2, -0.15) is 13.2 Å². The zero-order valence-corrected chi connectivity index (χ0v) is 12.5. The van der Waals surface area contributed by atoms with Crippen molar-refractivity contribution in [3.05, 3.63) is 53.1 Å². The van der Waals surface area contributed by atoms with E-state index in [-0.39, 0.29) is 21.6 Å². The van der Waals surface area contributed by atoms with E-state index in [2.05, 4.69) is 10.6 Å². The summed E-state index contributed by atoms with van der Waals surface area (Å²) in [5.74, 6) is -0.166. The molecular weight excluding hydrogens is 337 g/mol. The molecule has 3 N–H and O–H groups in total. The van der Waals surface area contributed by atoms with Gasteiger partial charge in [-0.3, -0.25) is 0 Å². The molecule has 2 rings (SSSR count). The first-order chi connectivity index (χ1) is 10.3. The summed E-state index contributed by atoms with van der Waals surface area (Å²) in [7, 11) is 0. The molecule has 0 aliphatic carbocycles. The number of benzene rings is 2. The van der Waals surface area contributed by atoms with Gasteiger partial charge in [0.15, 0.2) is 10.9 Å². The molecule has 0 radical (unpaired) electrons. The molecule has 0 heterocycles. The van der Waals surface area contributed by atoms with Crippen molar-refractivity contribution in [1.29, 1.82) is 0 Å². The molecule has 0 fully saturated rings. The van der Waals surface area contributed by atoms with Crippen molar-refractivity contribution in [3.8, 4) is 5.75 Å². The lowest BCUT2D eigenvalue weighted by Crippen LogP contribution is -2.19. The average molecular weight is 347 g/mol. The van der Waals surface area contributed by atoms with E-state index in [9.17, 15) is 18.3 Å². The first-order valence-electron chi connectivity index (χ1n) is 6.00. The van der Waals surface area contributed by atoms with Gasteiger partial charge in [-0.05, 0) is 48.6 Å². The SMILES string of the molecule is Oc1c(Cl)cccc1NC(=S)Nc1ccc(C(F)(F)F)cc1. The fraction of sp³-hybridized carbons (Fsp3) is 0.0714. The van der Waals surface area contributed by atoms with E-state index < -0.39 is 11.7 Å². The number of hydrogen-bond acceptors (Lipinski definition) is 2. The molecule has 8 heteroatoms. The summed E-state index contributed by atoms with van der Waals surface area (Å²) in [6.07, 6.45) is -4.39. The number of alkyl halides is 3. The lowest BCUT2D eigenvalue weighted by Gasteiger charge is -2.13. The maximum absolute atomic E-state index is 12.5. The van der Waals surface area contributed by atoms with Crippen LogP contribution in [-0.4, -0.2) is 10.2 Å². The van der Waals surface area contributed by atoms with Crippen LogP contribution in [0.3, 0.4) is 0 Å². The van der Waals surface area contributed by atoms with Crippen molar-refractivity contribution in [3.63, 3.8) is 0 Å². The van der Waals surface area contributed by atoms with Crippen LogP contribution in [0.5, 0.6) is 5.75 Å². The first-order valence-corrected chi connectivity index (χ1v) is 6.79. The number of phenolic OH excluding ortho intramolecular Hbond substituents is 1. The Labute approximate surface area is 134 Å². The molecule has 3 nitrogen and oxygen atoms in total. The number of nitrogens with one attached hydrogen (secondary N) is 2. The Bertz CT molecular complexity index is 689. The molecule has 2 aromatic carbocycles. The lowest BCUT2D eigenvalue weighted by atomic mass is 10.2. The van der Waals surface area contributed by atoms with E-state index in [1.54, 1.807) is 12.1 Å². The van der Waals surface area contributed by atoms with Gasteiger partial charge in [-0.25, -0.2) is 0 Å². The Morgan fingerprint density at radius 2 is 1.68 bits per heavy atom. The molecule has 0 saturated carbocycles. The van der Waals surface area contributed by atoms with Crippen LogP contribution < -0.4 is 10.6 Å². The monoisotopic (exact) mass is 346 g/mol. The van der Waals surface area contributed by atoms with Gasteiger partial charge in [0.05, 0.1) is 16.3 Å². The Kier molecular flexibility index (Phi) is 4.77. The van der Waals surface area contributed by atoms with Gasteiger partial charge in [0.2, 0.25) is 0 Å². The second kappa shape index (κ2) is 6.41. The van der Waals surface area contributed by atoms with E-state index in [1.807, 2.05) is 0 Å². The Morgan fingerprint density at radius 3 is 2.27 bits per heavy atom. The number of phenols is 1. The molecule has 0 atom stereocenters. The first kappa shape index (κ1) is 16.4. The third-order valence-corrected chi connectivity index (χ3v) is 3.21. The van der Waals surface area contributed by atoms with E-state index >= 15 is 0 Å². The minimum absolute atomic E-state index is 0.109. The summed E-state index contributed by atoms with van der Waals surface area (Å²) in [5.41, 5.74) is -0.0756. The smallest absolute Gasteiger partial charge is 0.416 e. The molecule has 0 saturated heterocycles. The molecule has 0 aromatic heterocycles. The highest BCUT2D eigenvalue weighted by atomic mass is 35.5. The second-order valence-corrected chi connectivity index (χ2v) is 5.11. The molecule has 0 amide bonds. The van der Waals surface area contributed by atoms with Crippen LogP contribution in [0.1, 0.15) is 5.56 Å². The maximum Gasteiger partial charge on any atom is 0.416 e. The van der Waals surface area contributed by atoms with Gasteiger partial charge in [-0.15, -0.1) is 0 Å². The zero-order valence-electron chi connectivity index (χ0n) is 10.9. The van der Waals surface area contributed by atoms with Crippen LogP contribution in [0.2, 0.25) is 5.02 Å². The second-order valence-electron chi connectivity index (χ2n) is 4.29. The highest BCUT2D eigenvalue weighted by Gasteiger charge is 2.29. The minimum atomic E-state index is -4.39. The summed E-state index contributed by atoms with van der Waals surface area (Å²) in [4.78, 5) is 0. The molecule has 0 aliphatic rings. The molecule has 116 valence electrons. The third-order valence-electron chi connectivity index (χ3n) is 2.71. The largest absolute Gasteiger partial charge is 0.504 e. The number of para-hydroxylation sites is 1. The number of aromatic hydroxyl groups is 1. The normalized spacial score (nSPS) is 11.1. The molecule has 0 spiro atoms. The van der Waals surface area contributed by atoms with Crippen LogP contribution in [-0.2, 0) is 6.18 Å². The average Bonchev–Trinajstić information content (AvgIpc) is 2.43. The number of hydrogen-bond donors (Lipinski definition) is 3. The highest BCUT2D eigenvalue weighted by molar-refractivity contribution is 7.80. The van der Waals surface area contributed by atoms with Crippen LogP contribution in [0.25, 0.3) is 0 Å². The standard InChI is InChI=1S/C14H10ClF3N2OS/c15-10-2-1-3-11(12(10)21)20-13(22)19-9-6-4-8(5-7-9)14(16,17)18/h1-7,21H,(H2,19,20,22). The number of rotatable bonds is 2. The van der Waals surface area contributed by atoms with E-state index in [0.29, 0.717) is 5.69 Å². The molecule has 0 unspecified atom stereocenters. The summed E-state index contributed by atoms with van der Waals surface area (Å²) < 4.78 is 37.4. The van der Waals surface area contributed by atoms with E-state index in [4.69, 9.17) is 23.8 Å². The van der Waals surface area contributed by atoms with Crippen molar-refractivity contribution in [2.24, 2.45) is 0 Å². The Morgan fingerprint density at radius 1 is 1.05 bits per heavy atom. The zero-order chi connectivity index (χ0) is 16.3. The van der Waals surface area contributed by atoms with Crippen molar-refractivity contribution >= 4 is 40.3 Å². The van der Waals surface area contributed by atoms with Gasteiger partial charge in [0.25, 0.3) is 0 Å². The molecule has 0 aliphatic heterocycles. The van der Waals surface area contributed by atoms with Crippen molar-refractivity contribution < 1.29 is 18.3 Å². The van der Waals surface area contributed by atoms with Gasteiger partial charge >= 0.3 is 6.18 Å².